The fraction of sp³-hybridized carbons (Fsp3) is 0.571. The van der Waals surface area contributed by atoms with Crippen LogP contribution >= 0.6 is 11.3 Å². The van der Waals surface area contributed by atoms with Gasteiger partial charge in [-0.3, -0.25) is 0 Å². The average Bonchev–Trinajstić information content (AvgIpc) is 2.80. The van der Waals surface area contributed by atoms with Gasteiger partial charge in [-0.2, -0.15) is 0 Å². The minimum Gasteiger partial charge on any atom is -0.383 e. The SMILES string of the molecule is CCC(=Cc1ccc(CC)s1)CNCCOC. The predicted octanol–water partition coefficient (Wildman–Crippen LogP) is 3.34. The van der Waals surface area contributed by atoms with Crippen LogP contribution in [-0.4, -0.2) is 26.8 Å². The fourth-order valence-electron chi connectivity index (χ4n) is 1.56. The summed E-state index contributed by atoms with van der Waals surface area (Å²) in [5.74, 6) is 0. The molecule has 96 valence electrons. The lowest BCUT2D eigenvalue weighted by Crippen LogP contribution is -2.21. The van der Waals surface area contributed by atoms with E-state index in [1.165, 1.54) is 15.3 Å². The number of hydrogen-bond acceptors (Lipinski definition) is 3. The summed E-state index contributed by atoms with van der Waals surface area (Å²) in [5, 5.41) is 3.39. The summed E-state index contributed by atoms with van der Waals surface area (Å²) < 4.78 is 5.01. The van der Waals surface area contributed by atoms with E-state index in [0.717, 1.165) is 32.5 Å². The first-order valence-corrected chi connectivity index (χ1v) is 7.09. The molecule has 0 bridgehead atoms. The Morgan fingerprint density at radius 1 is 1.41 bits per heavy atom. The summed E-state index contributed by atoms with van der Waals surface area (Å²) in [4.78, 5) is 2.83. The van der Waals surface area contributed by atoms with Gasteiger partial charge in [-0.25, -0.2) is 0 Å². The van der Waals surface area contributed by atoms with Crippen LogP contribution in [0.1, 0.15) is 30.0 Å². The second-order valence-electron chi connectivity index (χ2n) is 3.98. The molecule has 0 aliphatic rings. The number of rotatable bonds is 8. The molecule has 1 N–H and O–H groups in total. The summed E-state index contributed by atoms with van der Waals surface area (Å²) in [7, 11) is 1.73. The second-order valence-corrected chi connectivity index (χ2v) is 5.18. The third-order valence-electron chi connectivity index (χ3n) is 2.67. The van der Waals surface area contributed by atoms with E-state index in [9.17, 15) is 0 Å². The molecule has 0 saturated carbocycles. The Hall–Kier alpha value is -0.640. The largest absolute Gasteiger partial charge is 0.383 e. The van der Waals surface area contributed by atoms with E-state index in [4.69, 9.17) is 4.74 Å². The lowest BCUT2D eigenvalue weighted by atomic mass is 10.2. The van der Waals surface area contributed by atoms with Gasteiger partial charge in [0, 0.05) is 30.0 Å². The van der Waals surface area contributed by atoms with Crippen LogP contribution in [0.4, 0.5) is 0 Å². The molecule has 0 aliphatic carbocycles. The maximum absolute atomic E-state index is 5.01. The zero-order valence-electron chi connectivity index (χ0n) is 11.1. The van der Waals surface area contributed by atoms with E-state index in [0.29, 0.717) is 0 Å². The Labute approximate surface area is 109 Å². The molecule has 0 radical (unpaired) electrons. The summed E-state index contributed by atoms with van der Waals surface area (Å²) in [6, 6.07) is 4.44. The quantitative estimate of drug-likeness (QED) is 0.717. The van der Waals surface area contributed by atoms with Gasteiger partial charge in [0.1, 0.15) is 0 Å². The lowest BCUT2D eigenvalue weighted by molar-refractivity contribution is 0.200. The molecule has 0 spiro atoms. The number of ether oxygens (including phenoxy) is 1. The summed E-state index contributed by atoms with van der Waals surface area (Å²) in [6.45, 7) is 7.05. The topological polar surface area (TPSA) is 21.3 Å². The van der Waals surface area contributed by atoms with E-state index in [2.05, 4.69) is 37.4 Å². The van der Waals surface area contributed by atoms with Gasteiger partial charge >= 0.3 is 0 Å². The number of nitrogens with one attached hydrogen (secondary N) is 1. The minimum atomic E-state index is 0.774. The van der Waals surface area contributed by atoms with Crippen molar-refractivity contribution in [3.05, 3.63) is 27.5 Å². The first-order chi connectivity index (χ1) is 8.30. The molecule has 1 heterocycles. The number of thiophene rings is 1. The Morgan fingerprint density at radius 3 is 2.82 bits per heavy atom. The molecule has 1 rings (SSSR count). The smallest absolute Gasteiger partial charge is 0.0587 e. The summed E-state index contributed by atoms with van der Waals surface area (Å²) >= 11 is 1.89. The van der Waals surface area contributed by atoms with Gasteiger partial charge in [-0.1, -0.05) is 19.4 Å². The molecule has 0 aliphatic heterocycles. The lowest BCUT2D eigenvalue weighted by Gasteiger charge is -2.06. The van der Waals surface area contributed by atoms with Crippen molar-refractivity contribution in [3.8, 4) is 0 Å². The van der Waals surface area contributed by atoms with Crippen molar-refractivity contribution in [2.45, 2.75) is 26.7 Å². The van der Waals surface area contributed by atoms with Crippen molar-refractivity contribution < 1.29 is 4.74 Å². The number of aryl methyl sites for hydroxylation is 1. The maximum Gasteiger partial charge on any atom is 0.0587 e. The maximum atomic E-state index is 5.01. The Balaban J connectivity index is 2.47. The molecular formula is C14H23NOS. The van der Waals surface area contributed by atoms with Crippen molar-refractivity contribution in [1.29, 1.82) is 0 Å². The molecule has 17 heavy (non-hydrogen) atoms. The van der Waals surface area contributed by atoms with Crippen LogP contribution in [0.3, 0.4) is 0 Å². The van der Waals surface area contributed by atoms with Crippen molar-refractivity contribution in [3.63, 3.8) is 0 Å². The molecule has 1 aromatic rings. The first-order valence-electron chi connectivity index (χ1n) is 6.28. The highest BCUT2D eigenvalue weighted by Crippen LogP contribution is 2.20. The van der Waals surface area contributed by atoms with Gasteiger partial charge in [0.05, 0.1) is 6.61 Å². The zero-order chi connectivity index (χ0) is 12.5. The fourth-order valence-corrected chi connectivity index (χ4v) is 2.51. The third-order valence-corrected chi connectivity index (χ3v) is 3.84. The minimum absolute atomic E-state index is 0.774. The average molecular weight is 253 g/mol. The number of hydrogen-bond donors (Lipinski definition) is 1. The summed E-state index contributed by atoms with van der Waals surface area (Å²) in [6.07, 6.45) is 4.54. The van der Waals surface area contributed by atoms with E-state index >= 15 is 0 Å². The third kappa shape index (κ3) is 5.48. The van der Waals surface area contributed by atoms with E-state index in [1.54, 1.807) is 7.11 Å². The molecular weight excluding hydrogens is 230 g/mol. The zero-order valence-corrected chi connectivity index (χ0v) is 11.9. The van der Waals surface area contributed by atoms with Gasteiger partial charge in [-0.05, 0) is 31.1 Å². The van der Waals surface area contributed by atoms with Gasteiger partial charge in [0.15, 0.2) is 0 Å². The summed E-state index contributed by atoms with van der Waals surface area (Å²) in [5.41, 5.74) is 1.45. The standard InChI is InChI=1S/C14H23NOS/c1-4-12(11-15-8-9-16-3)10-14-7-6-13(5-2)17-14/h6-7,10,15H,4-5,8-9,11H2,1-3H3. The number of methoxy groups -OCH3 is 1. The molecule has 0 saturated heterocycles. The van der Waals surface area contributed by atoms with Crippen LogP contribution in [0, 0.1) is 0 Å². The van der Waals surface area contributed by atoms with Crippen molar-refractivity contribution in [2.75, 3.05) is 26.8 Å². The molecule has 0 atom stereocenters. The molecule has 0 fully saturated rings. The Bertz CT molecular complexity index is 344. The monoisotopic (exact) mass is 253 g/mol. The normalized spacial score (nSPS) is 12.1. The predicted molar refractivity (Wildman–Crippen MR) is 76.7 cm³/mol. The van der Waals surface area contributed by atoms with Gasteiger partial charge in [0.2, 0.25) is 0 Å². The molecule has 1 aromatic heterocycles. The van der Waals surface area contributed by atoms with Crippen molar-refractivity contribution >= 4 is 17.4 Å². The van der Waals surface area contributed by atoms with Crippen LogP contribution in [0.2, 0.25) is 0 Å². The second kappa shape index (κ2) is 8.45. The van der Waals surface area contributed by atoms with Crippen LogP contribution in [0.5, 0.6) is 0 Å². The van der Waals surface area contributed by atoms with Crippen LogP contribution < -0.4 is 5.32 Å². The molecule has 0 aromatic carbocycles. The van der Waals surface area contributed by atoms with Gasteiger partial charge < -0.3 is 10.1 Å². The molecule has 2 nitrogen and oxygen atoms in total. The van der Waals surface area contributed by atoms with E-state index in [1.807, 2.05) is 11.3 Å². The van der Waals surface area contributed by atoms with Crippen LogP contribution in [0.25, 0.3) is 6.08 Å². The van der Waals surface area contributed by atoms with Gasteiger partial charge in [0.25, 0.3) is 0 Å². The first kappa shape index (κ1) is 14.4. The molecule has 3 heteroatoms. The van der Waals surface area contributed by atoms with Crippen molar-refractivity contribution in [2.24, 2.45) is 0 Å². The van der Waals surface area contributed by atoms with Crippen LogP contribution in [0.15, 0.2) is 17.7 Å². The highest BCUT2D eigenvalue weighted by Gasteiger charge is 1.98. The highest BCUT2D eigenvalue weighted by molar-refractivity contribution is 7.12. The molecule has 0 amide bonds. The molecule has 0 unspecified atom stereocenters. The van der Waals surface area contributed by atoms with E-state index in [-0.39, 0.29) is 0 Å². The van der Waals surface area contributed by atoms with Crippen molar-refractivity contribution in [1.82, 2.24) is 5.32 Å². The Kier molecular flexibility index (Phi) is 7.17. The van der Waals surface area contributed by atoms with Gasteiger partial charge in [-0.15, -0.1) is 11.3 Å². The Morgan fingerprint density at radius 2 is 2.24 bits per heavy atom. The van der Waals surface area contributed by atoms with E-state index < -0.39 is 0 Å². The highest BCUT2D eigenvalue weighted by atomic mass is 32.1. The van der Waals surface area contributed by atoms with Crippen LogP contribution in [-0.2, 0) is 11.2 Å².